The molecule has 0 unspecified atom stereocenters. The van der Waals surface area contributed by atoms with Crippen molar-refractivity contribution in [2.24, 2.45) is 0 Å². The summed E-state index contributed by atoms with van der Waals surface area (Å²) in [5.74, 6) is -0.0273. The molecule has 3 heteroatoms. The van der Waals surface area contributed by atoms with Gasteiger partial charge in [-0.05, 0) is 18.2 Å². The third-order valence-corrected chi connectivity index (χ3v) is 1.97. The standard InChI is InChI=1S/C10H8O3/c11-7-4-5-9(13)10-6(7)2-1-3-8(10)12/h1-5,11-13H. The van der Waals surface area contributed by atoms with E-state index in [4.69, 9.17) is 0 Å². The van der Waals surface area contributed by atoms with E-state index in [1.165, 1.54) is 18.2 Å². The van der Waals surface area contributed by atoms with Gasteiger partial charge in [-0.1, -0.05) is 12.1 Å². The van der Waals surface area contributed by atoms with Crippen LogP contribution in [0.25, 0.3) is 10.8 Å². The number of hydrogen-bond acceptors (Lipinski definition) is 3. The lowest BCUT2D eigenvalue weighted by Gasteiger charge is -2.04. The van der Waals surface area contributed by atoms with Gasteiger partial charge in [-0.2, -0.15) is 0 Å². The highest BCUT2D eigenvalue weighted by molar-refractivity contribution is 5.97. The summed E-state index contributed by atoms with van der Waals surface area (Å²) < 4.78 is 0. The molecule has 13 heavy (non-hydrogen) atoms. The molecular weight excluding hydrogens is 168 g/mol. The van der Waals surface area contributed by atoms with Crippen molar-refractivity contribution in [1.82, 2.24) is 0 Å². The van der Waals surface area contributed by atoms with Crippen LogP contribution in [0.2, 0.25) is 0 Å². The highest BCUT2D eigenvalue weighted by Gasteiger charge is 2.07. The second-order valence-corrected chi connectivity index (χ2v) is 2.80. The zero-order valence-corrected chi connectivity index (χ0v) is 6.73. The molecule has 0 aliphatic heterocycles. The molecule has 0 atom stereocenters. The van der Waals surface area contributed by atoms with Crippen molar-refractivity contribution in [3.8, 4) is 17.2 Å². The first-order valence-corrected chi connectivity index (χ1v) is 3.83. The molecule has 0 aliphatic carbocycles. The fourth-order valence-electron chi connectivity index (χ4n) is 1.35. The molecule has 0 amide bonds. The summed E-state index contributed by atoms with van der Waals surface area (Å²) in [6.07, 6.45) is 0. The maximum absolute atomic E-state index is 9.41. The second-order valence-electron chi connectivity index (χ2n) is 2.80. The van der Waals surface area contributed by atoms with Crippen LogP contribution in [0.1, 0.15) is 0 Å². The first-order chi connectivity index (χ1) is 6.20. The van der Waals surface area contributed by atoms with Crippen LogP contribution in [0.15, 0.2) is 30.3 Å². The Hall–Kier alpha value is -1.90. The van der Waals surface area contributed by atoms with Crippen molar-refractivity contribution < 1.29 is 15.3 Å². The second kappa shape index (κ2) is 2.55. The van der Waals surface area contributed by atoms with Crippen molar-refractivity contribution in [2.45, 2.75) is 0 Å². The largest absolute Gasteiger partial charge is 0.507 e. The first-order valence-electron chi connectivity index (χ1n) is 3.83. The van der Waals surface area contributed by atoms with E-state index in [1.54, 1.807) is 12.1 Å². The molecule has 0 fully saturated rings. The van der Waals surface area contributed by atoms with E-state index in [0.717, 1.165) is 0 Å². The Morgan fingerprint density at radius 3 is 2.00 bits per heavy atom. The predicted molar refractivity (Wildman–Crippen MR) is 48.9 cm³/mol. The molecule has 0 radical (unpaired) electrons. The van der Waals surface area contributed by atoms with Crippen LogP contribution < -0.4 is 0 Å². The third kappa shape index (κ3) is 1.05. The summed E-state index contributed by atoms with van der Waals surface area (Å²) in [7, 11) is 0. The molecule has 0 aromatic heterocycles. The lowest BCUT2D eigenvalue weighted by molar-refractivity contribution is 0.457. The Bertz CT molecular complexity index is 455. The Balaban J connectivity index is 3.00. The molecule has 3 nitrogen and oxygen atoms in total. The number of benzene rings is 2. The van der Waals surface area contributed by atoms with Crippen LogP contribution in [-0.4, -0.2) is 15.3 Å². The smallest absolute Gasteiger partial charge is 0.127 e. The zero-order chi connectivity index (χ0) is 9.42. The summed E-state index contributed by atoms with van der Waals surface area (Å²) in [5, 5.41) is 28.9. The number of fused-ring (bicyclic) bond motifs is 1. The quantitative estimate of drug-likeness (QED) is 0.537. The minimum absolute atomic E-state index is 0.0362. The Morgan fingerprint density at radius 2 is 1.31 bits per heavy atom. The van der Waals surface area contributed by atoms with Gasteiger partial charge in [0.2, 0.25) is 0 Å². The lowest BCUT2D eigenvalue weighted by atomic mass is 10.1. The monoisotopic (exact) mass is 176 g/mol. The van der Waals surface area contributed by atoms with Crippen LogP contribution in [-0.2, 0) is 0 Å². The molecule has 2 rings (SSSR count). The molecule has 0 bridgehead atoms. The number of phenols is 3. The number of aromatic hydroxyl groups is 3. The zero-order valence-electron chi connectivity index (χ0n) is 6.73. The van der Waals surface area contributed by atoms with Gasteiger partial charge < -0.3 is 15.3 Å². The van der Waals surface area contributed by atoms with E-state index in [-0.39, 0.29) is 22.6 Å². The first kappa shape index (κ1) is 7.73. The Morgan fingerprint density at radius 1 is 0.692 bits per heavy atom. The minimum atomic E-state index is -0.0362. The summed E-state index contributed by atoms with van der Waals surface area (Å²) in [4.78, 5) is 0. The van der Waals surface area contributed by atoms with Gasteiger partial charge in [-0.3, -0.25) is 0 Å². The summed E-state index contributed by atoms with van der Waals surface area (Å²) >= 11 is 0. The van der Waals surface area contributed by atoms with Gasteiger partial charge in [0.1, 0.15) is 17.2 Å². The van der Waals surface area contributed by atoms with Crippen molar-refractivity contribution in [3.63, 3.8) is 0 Å². The molecule has 3 N–H and O–H groups in total. The number of rotatable bonds is 0. The molecule has 0 saturated carbocycles. The maximum atomic E-state index is 9.41. The van der Waals surface area contributed by atoms with E-state index in [9.17, 15) is 15.3 Å². The van der Waals surface area contributed by atoms with Crippen LogP contribution in [0, 0.1) is 0 Å². The van der Waals surface area contributed by atoms with Crippen molar-refractivity contribution in [2.75, 3.05) is 0 Å². The topological polar surface area (TPSA) is 60.7 Å². The maximum Gasteiger partial charge on any atom is 0.127 e. The molecule has 0 spiro atoms. The predicted octanol–water partition coefficient (Wildman–Crippen LogP) is 1.96. The van der Waals surface area contributed by atoms with E-state index >= 15 is 0 Å². The van der Waals surface area contributed by atoms with Gasteiger partial charge in [0.15, 0.2) is 0 Å². The fraction of sp³-hybridized carbons (Fsp3) is 0. The summed E-state index contributed by atoms with van der Waals surface area (Å²) in [5.41, 5.74) is 0. The average molecular weight is 176 g/mol. The third-order valence-electron chi connectivity index (χ3n) is 1.97. The lowest BCUT2D eigenvalue weighted by Crippen LogP contribution is -1.76. The van der Waals surface area contributed by atoms with Gasteiger partial charge in [-0.25, -0.2) is 0 Å². The molecule has 2 aromatic carbocycles. The average Bonchev–Trinajstić information content (AvgIpc) is 2.12. The van der Waals surface area contributed by atoms with Gasteiger partial charge in [0, 0.05) is 5.39 Å². The molecule has 0 heterocycles. The molecule has 0 saturated heterocycles. The normalized spacial score (nSPS) is 10.5. The highest BCUT2D eigenvalue weighted by atomic mass is 16.3. The van der Waals surface area contributed by atoms with Crippen molar-refractivity contribution in [3.05, 3.63) is 30.3 Å². The van der Waals surface area contributed by atoms with Crippen LogP contribution >= 0.6 is 0 Å². The van der Waals surface area contributed by atoms with Crippen LogP contribution in [0.5, 0.6) is 17.2 Å². The highest BCUT2D eigenvalue weighted by Crippen LogP contribution is 2.36. The van der Waals surface area contributed by atoms with E-state index in [0.29, 0.717) is 5.39 Å². The fourth-order valence-corrected chi connectivity index (χ4v) is 1.35. The summed E-state index contributed by atoms with van der Waals surface area (Å²) in [6.45, 7) is 0. The van der Waals surface area contributed by atoms with E-state index < -0.39 is 0 Å². The number of hydrogen-bond donors (Lipinski definition) is 3. The minimum Gasteiger partial charge on any atom is -0.507 e. The molecular formula is C10H8O3. The molecule has 0 aliphatic rings. The van der Waals surface area contributed by atoms with Crippen molar-refractivity contribution >= 4 is 10.8 Å². The molecule has 2 aromatic rings. The van der Waals surface area contributed by atoms with Gasteiger partial charge in [0.25, 0.3) is 0 Å². The van der Waals surface area contributed by atoms with Gasteiger partial charge in [-0.15, -0.1) is 0 Å². The van der Waals surface area contributed by atoms with E-state index in [1.807, 2.05) is 0 Å². The van der Waals surface area contributed by atoms with Crippen molar-refractivity contribution in [1.29, 1.82) is 0 Å². The Kier molecular flexibility index (Phi) is 1.52. The SMILES string of the molecule is Oc1ccc(O)c2c(O)cccc12. The van der Waals surface area contributed by atoms with Crippen LogP contribution in [0.4, 0.5) is 0 Å². The molecule has 66 valence electrons. The summed E-state index contributed by atoms with van der Waals surface area (Å²) in [6, 6.07) is 7.43. The van der Waals surface area contributed by atoms with E-state index in [2.05, 4.69) is 0 Å². The van der Waals surface area contributed by atoms with Gasteiger partial charge in [0.05, 0.1) is 5.39 Å². The Labute approximate surface area is 74.5 Å². The van der Waals surface area contributed by atoms with Gasteiger partial charge >= 0.3 is 0 Å². The number of phenolic OH excluding ortho intramolecular Hbond substituents is 3. The van der Waals surface area contributed by atoms with Crippen LogP contribution in [0.3, 0.4) is 0 Å².